The van der Waals surface area contributed by atoms with Crippen LogP contribution in [0.4, 0.5) is 0 Å². The SMILES string of the molecule is O=C(COC(=O)c1ccccc1Br)N[C@H]1CCS(=O)(=O)C1. The number of esters is 1. The summed E-state index contributed by atoms with van der Waals surface area (Å²) >= 11 is 3.22. The van der Waals surface area contributed by atoms with Crippen LogP contribution >= 0.6 is 15.9 Å². The zero-order chi connectivity index (χ0) is 15.5. The zero-order valence-electron chi connectivity index (χ0n) is 11.0. The second kappa shape index (κ2) is 6.57. The Balaban J connectivity index is 1.82. The van der Waals surface area contributed by atoms with Crippen molar-refractivity contribution in [1.82, 2.24) is 5.32 Å². The molecule has 1 aliphatic rings. The van der Waals surface area contributed by atoms with Crippen LogP contribution in [0.15, 0.2) is 28.7 Å². The molecule has 1 aromatic carbocycles. The van der Waals surface area contributed by atoms with Gasteiger partial charge in [-0.3, -0.25) is 4.79 Å². The van der Waals surface area contributed by atoms with E-state index in [9.17, 15) is 18.0 Å². The molecular weight excluding hydrogens is 362 g/mol. The van der Waals surface area contributed by atoms with Crippen LogP contribution in [0.3, 0.4) is 0 Å². The van der Waals surface area contributed by atoms with Gasteiger partial charge in [0.25, 0.3) is 5.91 Å². The third-order valence-electron chi connectivity index (χ3n) is 3.03. The van der Waals surface area contributed by atoms with E-state index in [1.54, 1.807) is 24.3 Å². The van der Waals surface area contributed by atoms with Crippen LogP contribution in [0.1, 0.15) is 16.8 Å². The van der Waals surface area contributed by atoms with Crippen LogP contribution in [-0.4, -0.2) is 44.4 Å². The quantitative estimate of drug-likeness (QED) is 0.789. The summed E-state index contributed by atoms with van der Waals surface area (Å²) in [4.78, 5) is 23.4. The molecule has 0 saturated carbocycles. The molecule has 1 aliphatic heterocycles. The maximum Gasteiger partial charge on any atom is 0.339 e. The largest absolute Gasteiger partial charge is 0.452 e. The number of ether oxygens (including phenoxy) is 1. The Bertz CT molecular complexity index is 658. The predicted molar refractivity (Wildman–Crippen MR) is 79.6 cm³/mol. The van der Waals surface area contributed by atoms with Gasteiger partial charge in [-0.25, -0.2) is 13.2 Å². The van der Waals surface area contributed by atoms with Crippen LogP contribution < -0.4 is 5.32 Å². The highest BCUT2D eigenvalue weighted by atomic mass is 79.9. The van der Waals surface area contributed by atoms with Crippen molar-refractivity contribution >= 4 is 37.6 Å². The summed E-state index contributed by atoms with van der Waals surface area (Å²) in [5.41, 5.74) is 0.328. The lowest BCUT2D eigenvalue weighted by Crippen LogP contribution is -2.38. The van der Waals surface area contributed by atoms with Gasteiger partial charge in [-0.1, -0.05) is 12.1 Å². The Morgan fingerprint density at radius 2 is 2.05 bits per heavy atom. The molecule has 6 nitrogen and oxygen atoms in total. The monoisotopic (exact) mass is 375 g/mol. The molecule has 1 aromatic rings. The molecule has 0 unspecified atom stereocenters. The fourth-order valence-corrected chi connectivity index (χ4v) is 4.13. The zero-order valence-corrected chi connectivity index (χ0v) is 13.4. The van der Waals surface area contributed by atoms with Crippen LogP contribution in [-0.2, 0) is 19.4 Å². The van der Waals surface area contributed by atoms with E-state index in [2.05, 4.69) is 21.2 Å². The molecule has 1 saturated heterocycles. The molecule has 114 valence electrons. The van der Waals surface area contributed by atoms with Crippen molar-refractivity contribution in [1.29, 1.82) is 0 Å². The van der Waals surface area contributed by atoms with Crippen LogP contribution in [0.5, 0.6) is 0 Å². The lowest BCUT2D eigenvalue weighted by atomic mass is 10.2. The van der Waals surface area contributed by atoms with Crippen molar-refractivity contribution in [2.45, 2.75) is 12.5 Å². The number of nitrogens with one attached hydrogen (secondary N) is 1. The number of carbonyl (C=O) groups excluding carboxylic acids is 2. The minimum Gasteiger partial charge on any atom is -0.452 e. The predicted octanol–water partition coefficient (Wildman–Crippen LogP) is 0.909. The van der Waals surface area contributed by atoms with Gasteiger partial charge >= 0.3 is 5.97 Å². The standard InChI is InChI=1S/C13H14BrNO5S/c14-11-4-2-1-3-10(11)13(17)20-7-12(16)15-9-5-6-21(18,19)8-9/h1-4,9H,5-8H2,(H,15,16)/t9-/m0/s1. The fourth-order valence-electron chi connectivity index (χ4n) is 2.01. The molecule has 1 amide bonds. The summed E-state index contributed by atoms with van der Waals surface area (Å²) in [7, 11) is -3.05. The molecular formula is C13H14BrNO5S. The van der Waals surface area contributed by atoms with Crippen LogP contribution in [0.2, 0.25) is 0 Å². The van der Waals surface area contributed by atoms with Crippen molar-refractivity contribution in [2.75, 3.05) is 18.1 Å². The van der Waals surface area contributed by atoms with Crippen molar-refractivity contribution < 1.29 is 22.7 Å². The first kappa shape index (κ1) is 16.0. The minimum atomic E-state index is -3.05. The van der Waals surface area contributed by atoms with E-state index in [-0.39, 0.29) is 11.5 Å². The highest BCUT2D eigenvalue weighted by Crippen LogP contribution is 2.16. The Morgan fingerprint density at radius 1 is 1.33 bits per heavy atom. The van der Waals surface area contributed by atoms with E-state index >= 15 is 0 Å². The Morgan fingerprint density at radius 3 is 2.67 bits per heavy atom. The number of hydrogen-bond acceptors (Lipinski definition) is 5. The van der Waals surface area contributed by atoms with Crippen molar-refractivity contribution in [3.63, 3.8) is 0 Å². The van der Waals surface area contributed by atoms with Gasteiger partial charge in [0.15, 0.2) is 16.4 Å². The molecule has 21 heavy (non-hydrogen) atoms. The summed E-state index contributed by atoms with van der Waals surface area (Å²) in [5, 5.41) is 2.55. The maximum atomic E-state index is 11.8. The average Bonchev–Trinajstić information content (AvgIpc) is 2.75. The lowest BCUT2D eigenvalue weighted by molar-refractivity contribution is -0.124. The van der Waals surface area contributed by atoms with E-state index < -0.39 is 34.4 Å². The van der Waals surface area contributed by atoms with Gasteiger partial charge < -0.3 is 10.1 Å². The van der Waals surface area contributed by atoms with Gasteiger partial charge in [0.2, 0.25) is 0 Å². The van der Waals surface area contributed by atoms with Crippen LogP contribution in [0.25, 0.3) is 0 Å². The smallest absolute Gasteiger partial charge is 0.339 e. The summed E-state index contributed by atoms with van der Waals surface area (Å²) < 4.78 is 28.0. The average molecular weight is 376 g/mol. The van der Waals surface area contributed by atoms with E-state index in [1.165, 1.54) is 0 Å². The Hall–Kier alpha value is -1.41. The molecule has 2 rings (SSSR count). The van der Waals surface area contributed by atoms with Gasteiger partial charge in [0.05, 0.1) is 17.1 Å². The van der Waals surface area contributed by atoms with Gasteiger partial charge in [-0.2, -0.15) is 0 Å². The highest BCUT2D eigenvalue weighted by Gasteiger charge is 2.29. The Kier molecular flexibility index (Phi) is 5.00. The molecule has 0 bridgehead atoms. The molecule has 1 heterocycles. The number of halogens is 1. The first-order valence-corrected chi connectivity index (χ1v) is 8.90. The highest BCUT2D eigenvalue weighted by molar-refractivity contribution is 9.10. The van der Waals surface area contributed by atoms with E-state index in [0.29, 0.717) is 16.5 Å². The summed E-state index contributed by atoms with van der Waals surface area (Å²) in [6.07, 6.45) is 0.395. The topological polar surface area (TPSA) is 89.5 Å². The second-order valence-corrected chi connectivity index (χ2v) is 7.81. The molecule has 0 aromatic heterocycles. The van der Waals surface area contributed by atoms with Gasteiger partial charge in [0.1, 0.15) is 0 Å². The van der Waals surface area contributed by atoms with E-state index in [4.69, 9.17) is 4.74 Å². The summed E-state index contributed by atoms with van der Waals surface area (Å²) in [6, 6.07) is 6.32. The van der Waals surface area contributed by atoms with Gasteiger partial charge in [-0.05, 0) is 34.5 Å². The minimum absolute atomic E-state index is 0.0586. The summed E-state index contributed by atoms with van der Waals surface area (Å²) in [6.45, 7) is -0.434. The number of rotatable bonds is 4. The number of sulfone groups is 1. The number of amides is 1. The van der Waals surface area contributed by atoms with E-state index in [1.807, 2.05) is 0 Å². The summed E-state index contributed by atoms with van der Waals surface area (Å²) in [5.74, 6) is -1.10. The molecule has 1 N–H and O–H groups in total. The molecule has 1 atom stereocenters. The first-order chi connectivity index (χ1) is 9.87. The molecule has 1 fully saturated rings. The normalized spacial score (nSPS) is 20.0. The van der Waals surface area contributed by atoms with Crippen molar-refractivity contribution in [3.05, 3.63) is 34.3 Å². The molecule has 0 radical (unpaired) electrons. The number of hydrogen-bond donors (Lipinski definition) is 1. The third-order valence-corrected chi connectivity index (χ3v) is 5.49. The first-order valence-electron chi connectivity index (χ1n) is 6.29. The van der Waals surface area contributed by atoms with Gasteiger partial charge in [-0.15, -0.1) is 0 Å². The molecule has 0 spiro atoms. The maximum absolute atomic E-state index is 11.8. The third kappa shape index (κ3) is 4.53. The lowest BCUT2D eigenvalue weighted by Gasteiger charge is -2.11. The number of benzene rings is 1. The molecule has 0 aliphatic carbocycles. The van der Waals surface area contributed by atoms with Gasteiger partial charge in [0, 0.05) is 10.5 Å². The molecule has 8 heteroatoms. The van der Waals surface area contributed by atoms with Crippen LogP contribution in [0, 0.1) is 0 Å². The fraction of sp³-hybridized carbons (Fsp3) is 0.385. The number of carbonyl (C=O) groups is 2. The van der Waals surface area contributed by atoms with Crippen molar-refractivity contribution in [3.8, 4) is 0 Å². The van der Waals surface area contributed by atoms with E-state index in [0.717, 1.165) is 0 Å². The second-order valence-electron chi connectivity index (χ2n) is 4.72. The van der Waals surface area contributed by atoms with Crippen molar-refractivity contribution in [2.24, 2.45) is 0 Å². The Labute approximate surface area is 130 Å².